The van der Waals surface area contributed by atoms with Gasteiger partial charge in [0, 0.05) is 5.69 Å². The number of aliphatic hydroxyl groups is 1. The summed E-state index contributed by atoms with van der Waals surface area (Å²) in [6.45, 7) is 3.74. The van der Waals surface area contributed by atoms with Gasteiger partial charge in [-0.1, -0.05) is 17.7 Å². The molecule has 0 aliphatic rings. The largest absolute Gasteiger partial charge is 0.447 e. The third-order valence-electron chi connectivity index (χ3n) is 1.94. The summed E-state index contributed by atoms with van der Waals surface area (Å²) in [4.78, 5) is 11.2. The highest BCUT2D eigenvalue weighted by Crippen LogP contribution is 2.15. The minimum atomic E-state index is -0.545. The number of hydrogen-bond acceptors (Lipinski definition) is 3. The van der Waals surface area contributed by atoms with Gasteiger partial charge in [-0.05, 0) is 25.5 Å². The van der Waals surface area contributed by atoms with Crippen LogP contribution >= 0.6 is 0 Å². The first-order valence-electron chi connectivity index (χ1n) is 4.75. The maximum Gasteiger partial charge on any atom is 0.411 e. The van der Waals surface area contributed by atoms with Crippen molar-refractivity contribution in [1.29, 1.82) is 0 Å². The van der Waals surface area contributed by atoms with E-state index in [-0.39, 0.29) is 13.2 Å². The second-order valence-corrected chi connectivity index (χ2v) is 3.30. The van der Waals surface area contributed by atoms with E-state index in [1.165, 1.54) is 0 Å². The average Bonchev–Trinajstić information content (AvgIpc) is 2.19. The van der Waals surface area contributed by atoms with E-state index in [2.05, 4.69) is 10.1 Å². The smallest absolute Gasteiger partial charge is 0.411 e. The van der Waals surface area contributed by atoms with E-state index in [1.807, 2.05) is 32.0 Å². The van der Waals surface area contributed by atoms with Crippen LogP contribution in [0.2, 0.25) is 0 Å². The molecule has 4 heteroatoms. The van der Waals surface area contributed by atoms with Crippen molar-refractivity contribution >= 4 is 11.8 Å². The quantitative estimate of drug-likeness (QED) is 0.798. The van der Waals surface area contributed by atoms with Gasteiger partial charge in [0.25, 0.3) is 0 Å². The number of aliphatic hydroxyl groups excluding tert-OH is 1. The van der Waals surface area contributed by atoms with Crippen LogP contribution in [0, 0.1) is 13.8 Å². The zero-order valence-corrected chi connectivity index (χ0v) is 8.91. The summed E-state index contributed by atoms with van der Waals surface area (Å²) in [6, 6.07) is 5.71. The lowest BCUT2D eigenvalue weighted by Crippen LogP contribution is -2.16. The minimum absolute atomic E-state index is 0.0107. The molecular formula is C11H15NO3. The lowest BCUT2D eigenvalue weighted by molar-refractivity contribution is 0.131. The monoisotopic (exact) mass is 209 g/mol. The standard InChI is InChI=1S/C11H15NO3/c1-8-3-4-10(9(2)7-8)12-11(14)15-6-5-13/h3-4,7,13H,5-6H2,1-2H3,(H,12,14). The van der Waals surface area contributed by atoms with Crippen LogP contribution in [-0.2, 0) is 4.74 Å². The van der Waals surface area contributed by atoms with Crippen LogP contribution in [0.25, 0.3) is 0 Å². The number of hydrogen-bond donors (Lipinski definition) is 2. The first kappa shape index (κ1) is 11.5. The summed E-state index contributed by atoms with van der Waals surface area (Å²) in [5, 5.41) is 11.1. The van der Waals surface area contributed by atoms with Gasteiger partial charge in [-0.2, -0.15) is 0 Å². The van der Waals surface area contributed by atoms with E-state index in [4.69, 9.17) is 5.11 Å². The molecule has 0 aromatic heterocycles. The number of aryl methyl sites for hydroxylation is 2. The van der Waals surface area contributed by atoms with Crippen LogP contribution < -0.4 is 5.32 Å². The number of ether oxygens (including phenoxy) is 1. The number of carbonyl (C=O) groups is 1. The van der Waals surface area contributed by atoms with Gasteiger partial charge < -0.3 is 9.84 Å². The normalized spacial score (nSPS) is 9.80. The third-order valence-corrected chi connectivity index (χ3v) is 1.94. The van der Waals surface area contributed by atoms with E-state index in [1.54, 1.807) is 0 Å². The Kier molecular flexibility index (Phi) is 4.12. The zero-order valence-electron chi connectivity index (χ0n) is 8.91. The summed E-state index contributed by atoms with van der Waals surface area (Å²) in [7, 11) is 0. The first-order valence-corrected chi connectivity index (χ1v) is 4.75. The SMILES string of the molecule is Cc1ccc(NC(=O)OCCO)c(C)c1. The molecule has 0 atom stereocenters. The van der Waals surface area contributed by atoms with Crippen LogP contribution in [-0.4, -0.2) is 24.4 Å². The van der Waals surface area contributed by atoms with E-state index in [0.717, 1.165) is 16.8 Å². The Bertz CT molecular complexity index is 350. The van der Waals surface area contributed by atoms with Crippen LogP contribution in [0.5, 0.6) is 0 Å². The molecule has 0 heterocycles. The highest BCUT2D eigenvalue weighted by molar-refractivity contribution is 5.85. The molecular weight excluding hydrogens is 194 g/mol. The summed E-state index contributed by atoms with van der Waals surface area (Å²) >= 11 is 0. The van der Waals surface area contributed by atoms with Gasteiger partial charge in [-0.15, -0.1) is 0 Å². The Morgan fingerprint density at radius 3 is 2.80 bits per heavy atom. The summed E-state index contributed by atoms with van der Waals surface area (Å²) in [6.07, 6.45) is -0.545. The van der Waals surface area contributed by atoms with Crippen molar-refractivity contribution in [2.45, 2.75) is 13.8 Å². The molecule has 1 rings (SSSR count). The predicted octanol–water partition coefficient (Wildman–Crippen LogP) is 1.84. The van der Waals surface area contributed by atoms with E-state index >= 15 is 0 Å². The molecule has 0 saturated heterocycles. The number of carbonyl (C=O) groups excluding carboxylic acids is 1. The molecule has 1 aromatic carbocycles. The van der Waals surface area contributed by atoms with Crippen LogP contribution in [0.3, 0.4) is 0 Å². The lowest BCUT2D eigenvalue weighted by Gasteiger charge is -2.08. The molecule has 0 aliphatic heterocycles. The number of anilines is 1. The predicted molar refractivity (Wildman–Crippen MR) is 58.0 cm³/mol. The molecule has 2 N–H and O–H groups in total. The van der Waals surface area contributed by atoms with Crippen molar-refractivity contribution in [2.24, 2.45) is 0 Å². The molecule has 0 aliphatic carbocycles. The van der Waals surface area contributed by atoms with Gasteiger partial charge in [0.1, 0.15) is 6.61 Å². The van der Waals surface area contributed by atoms with Crippen molar-refractivity contribution in [2.75, 3.05) is 18.5 Å². The molecule has 4 nitrogen and oxygen atoms in total. The Morgan fingerprint density at radius 2 is 2.20 bits per heavy atom. The molecule has 0 bridgehead atoms. The molecule has 0 radical (unpaired) electrons. The van der Waals surface area contributed by atoms with Gasteiger partial charge in [0.2, 0.25) is 0 Å². The maximum absolute atomic E-state index is 11.2. The maximum atomic E-state index is 11.2. The number of nitrogens with one attached hydrogen (secondary N) is 1. The third kappa shape index (κ3) is 3.59. The highest BCUT2D eigenvalue weighted by atomic mass is 16.6. The fourth-order valence-corrected chi connectivity index (χ4v) is 1.24. The molecule has 1 amide bonds. The molecule has 0 unspecified atom stereocenters. The summed E-state index contributed by atoms with van der Waals surface area (Å²) < 4.78 is 4.68. The van der Waals surface area contributed by atoms with Gasteiger partial charge >= 0.3 is 6.09 Å². The van der Waals surface area contributed by atoms with E-state index in [9.17, 15) is 4.79 Å². The van der Waals surface area contributed by atoms with E-state index in [0.29, 0.717) is 0 Å². The molecule has 0 fully saturated rings. The molecule has 0 spiro atoms. The van der Waals surface area contributed by atoms with Crippen LogP contribution in [0.4, 0.5) is 10.5 Å². The van der Waals surface area contributed by atoms with Crippen molar-refractivity contribution < 1.29 is 14.6 Å². The Morgan fingerprint density at radius 1 is 1.47 bits per heavy atom. The molecule has 1 aromatic rings. The Hall–Kier alpha value is -1.55. The second kappa shape index (κ2) is 5.36. The summed E-state index contributed by atoms with van der Waals surface area (Å²) in [5.41, 5.74) is 2.85. The number of rotatable bonds is 3. The van der Waals surface area contributed by atoms with Crippen molar-refractivity contribution in [3.8, 4) is 0 Å². The van der Waals surface area contributed by atoms with Crippen molar-refractivity contribution in [1.82, 2.24) is 0 Å². The lowest BCUT2D eigenvalue weighted by atomic mass is 10.1. The Balaban J connectivity index is 2.60. The van der Waals surface area contributed by atoms with Gasteiger partial charge in [0.05, 0.1) is 6.61 Å². The topological polar surface area (TPSA) is 58.6 Å². The fourth-order valence-electron chi connectivity index (χ4n) is 1.24. The van der Waals surface area contributed by atoms with Gasteiger partial charge in [0.15, 0.2) is 0 Å². The number of amides is 1. The fraction of sp³-hybridized carbons (Fsp3) is 0.364. The molecule has 82 valence electrons. The molecule has 15 heavy (non-hydrogen) atoms. The zero-order chi connectivity index (χ0) is 11.3. The average molecular weight is 209 g/mol. The van der Waals surface area contributed by atoms with Gasteiger partial charge in [-0.3, -0.25) is 5.32 Å². The summed E-state index contributed by atoms with van der Waals surface area (Å²) in [5.74, 6) is 0. The second-order valence-electron chi connectivity index (χ2n) is 3.30. The van der Waals surface area contributed by atoms with Crippen molar-refractivity contribution in [3.05, 3.63) is 29.3 Å². The minimum Gasteiger partial charge on any atom is -0.447 e. The number of benzene rings is 1. The van der Waals surface area contributed by atoms with Crippen molar-refractivity contribution in [3.63, 3.8) is 0 Å². The van der Waals surface area contributed by atoms with Crippen LogP contribution in [0.1, 0.15) is 11.1 Å². The molecule has 0 saturated carbocycles. The van der Waals surface area contributed by atoms with Gasteiger partial charge in [-0.25, -0.2) is 4.79 Å². The van der Waals surface area contributed by atoms with Crippen LogP contribution in [0.15, 0.2) is 18.2 Å². The van der Waals surface area contributed by atoms with E-state index < -0.39 is 6.09 Å². The first-order chi connectivity index (χ1) is 7.13. The highest BCUT2D eigenvalue weighted by Gasteiger charge is 2.04. The Labute approximate surface area is 88.9 Å².